The van der Waals surface area contributed by atoms with Crippen molar-refractivity contribution in [2.45, 2.75) is 25.8 Å². The van der Waals surface area contributed by atoms with Crippen molar-refractivity contribution in [2.75, 3.05) is 29.9 Å². The van der Waals surface area contributed by atoms with E-state index in [1.165, 1.54) is 12.8 Å². The molecule has 3 N–H and O–H groups in total. The van der Waals surface area contributed by atoms with E-state index in [9.17, 15) is 0 Å². The maximum Gasteiger partial charge on any atom is 0.134 e. The van der Waals surface area contributed by atoms with Gasteiger partial charge in [0.05, 0.1) is 0 Å². The molecule has 2 rings (SSSR count). The molecule has 16 heavy (non-hydrogen) atoms. The third-order valence-electron chi connectivity index (χ3n) is 2.83. The van der Waals surface area contributed by atoms with E-state index in [1.807, 2.05) is 13.0 Å². The van der Waals surface area contributed by atoms with Crippen LogP contribution in [0.25, 0.3) is 0 Å². The standard InChI is InChI=1S/C11H19N5/c1-9(7-12)15-10-6-11(14-8-13-10)16-4-2-3-5-16/h6,8-9H,2-5,7,12H2,1H3,(H,13,14,15). The highest BCUT2D eigenvalue weighted by molar-refractivity contribution is 5.49. The molecule has 1 aromatic rings. The van der Waals surface area contributed by atoms with Gasteiger partial charge < -0.3 is 16.0 Å². The summed E-state index contributed by atoms with van der Waals surface area (Å²) in [7, 11) is 0. The minimum atomic E-state index is 0.237. The van der Waals surface area contributed by atoms with Gasteiger partial charge in [0.1, 0.15) is 18.0 Å². The van der Waals surface area contributed by atoms with Gasteiger partial charge in [-0.1, -0.05) is 0 Å². The Morgan fingerprint density at radius 1 is 1.44 bits per heavy atom. The van der Waals surface area contributed by atoms with Crippen LogP contribution in [0.1, 0.15) is 19.8 Å². The first-order chi connectivity index (χ1) is 7.79. The van der Waals surface area contributed by atoms with E-state index in [-0.39, 0.29) is 6.04 Å². The lowest BCUT2D eigenvalue weighted by Gasteiger charge is -2.18. The lowest BCUT2D eigenvalue weighted by molar-refractivity contribution is 0.796. The number of hydrogen-bond donors (Lipinski definition) is 2. The number of hydrogen-bond acceptors (Lipinski definition) is 5. The van der Waals surface area contributed by atoms with Crippen molar-refractivity contribution in [2.24, 2.45) is 5.73 Å². The molecule has 1 aromatic heterocycles. The Morgan fingerprint density at radius 2 is 2.19 bits per heavy atom. The van der Waals surface area contributed by atoms with Gasteiger partial charge >= 0.3 is 0 Å². The topological polar surface area (TPSA) is 67.1 Å². The Balaban J connectivity index is 2.06. The predicted octanol–water partition coefficient (Wildman–Crippen LogP) is 0.836. The zero-order chi connectivity index (χ0) is 11.4. The highest BCUT2D eigenvalue weighted by atomic mass is 15.2. The van der Waals surface area contributed by atoms with Crippen LogP contribution in [0.2, 0.25) is 0 Å². The van der Waals surface area contributed by atoms with Gasteiger partial charge in [-0.05, 0) is 19.8 Å². The summed E-state index contributed by atoms with van der Waals surface area (Å²) >= 11 is 0. The van der Waals surface area contributed by atoms with Crippen LogP contribution >= 0.6 is 0 Å². The zero-order valence-electron chi connectivity index (χ0n) is 9.69. The molecule has 0 amide bonds. The number of nitrogens with two attached hydrogens (primary N) is 1. The number of anilines is 2. The smallest absolute Gasteiger partial charge is 0.134 e. The quantitative estimate of drug-likeness (QED) is 0.788. The molecule has 1 atom stereocenters. The Kier molecular flexibility index (Phi) is 3.56. The van der Waals surface area contributed by atoms with Crippen LogP contribution < -0.4 is 16.0 Å². The maximum atomic E-state index is 5.56. The normalized spacial score (nSPS) is 17.5. The average molecular weight is 221 g/mol. The molecule has 1 unspecified atom stereocenters. The summed E-state index contributed by atoms with van der Waals surface area (Å²) in [5.74, 6) is 1.87. The summed E-state index contributed by atoms with van der Waals surface area (Å²) in [4.78, 5) is 10.8. The van der Waals surface area contributed by atoms with E-state index in [0.29, 0.717) is 6.54 Å². The molecule has 1 aliphatic heterocycles. The van der Waals surface area contributed by atoms with Crippen LogP contribution in [0, 0.1) is 0 Å². The summed E-state index contributed by atoms with van der Waals surface area (Å²) in [5.41, 5.74) is 5.56. The van der Waals surface area contributed by atoms with Crippen molar-refractivity contribution in [3.63, 3.8) is 0 Å². The lowest BCUT2D eigenvalue weighted by Crippen LogP contribution is -2.26. The minimum Gasteiger partial charge on any atom is -0.366 e. The highest BCUT2D eigenvalue weighted by Crippen LogP contribution is 2.19. The second kappa shape index (κ2) is 5.12. The first-order valence-electron chi connectivity index (χ1n) is 5.83. The highest BCUT2D eigenvalue weighted by Gasteiger charge is 2.14. The molecule has 5 nitrogen and oxygen atoms in total. The molecule has 0 bridgehead atoms. The number of nitrogens with one attached hydrogen (secondary N) is 1. The predicted molar refractivity (Wildman–Crippen MR) is 65.6 cm³/mol. The van der Waals surface area contributed by atoms with Crippen LogP contribution in [0.3, 0.4) is 0 Å². The SMILES string of the molecule is CC(CN)Nc1cc(N2CCCC2)ncn1. The van der Waals surface area contributed by atoms with E-state index in [2.05, 4.69) is 20.2 Å². The first-order valence-corrected chi connectivity index (χ1v) is 5.83. The van der Waals surface area contributed by atoms with Gasteiger partial charge in [-0.25, -0.2) is 9.97 Å². The molecule has 0 spiro atoms. The van der Waals surface area contributed by atoms with Gasteiger partial charge in [-0.15, -0.1) is 0 Å². The number of aromatic nitrogens is 2. The second-order valence-electron chi connectivity index (χ2n) is 4.24. The fraction of sp³-hybridized carbons (Fsp3) is 0.636. The Morgan fingerprint density at radius 3 is 2.88 bits per heavy atom. The van der Waals surface area contributed by atoms with E-state index in [1.54, 1.807) is 6.33 Å². The Labute approximate surface area is 96.1 Å². The summed E-state index contributed by atoms with van der Waals surface area (Å²) in [6.07, 6.45) is 4.12. The van der Waals surface area contributed by atoms with Gasteiger partial charge in [-0.3, -0.25) is 0 Å². The van der Waals surface area contributed by atoms with Gasteiger partial charge in [0.2, 0.25) is 0 Å². The largest absolute Gasteiger partial charge is 0.366 e. The third kappa shape index (κ3) is 2.61. The van der Waals surface area contributed by atoms with E-state index < -0.39 is 0 Å². The molecule has 0 saturated carbocycles. The van der Waals surface area contributed by atoms with Crippen molar-refractivity contribution in [1.82, 2.24) is 9.97 Å². The van der Waals surface area contributed by atoms with Gasteiger partial charge in [0, 0.05) is 31.7 Å². The molecular weight excluding hydrogens is 202 g/mol. The summed E-state index contributed by atoms with van der Waals surface area (Å²) in [5, 5.41) is 3.25. The zero-order valence-corrected chi connectivity index (χ0v) is 9.69. The molecular formula is C11H19N5. The fourth-order valence-corrected chi connectivity index (χ4v) is 1.86. The lowest BCUT2D eigenvalue weighted by atomic mass is 10.3. The monoisotopic (exact) mass is 221 g/mol. The van der Waals surface area contributed by atoms with Crippen molar-refractivity contribution < 1.29 is 0 Å². The molecule has 0 aromatic carbocycles. The van der Waals surface area contributed by atoms with Crippen molar-refractivity contribution in [3.05, 3.63) is 12.4 Å². The van der Waals surface area contributed by atoms with Gasteiger partial charge in [-0.2, -0.15) is 0 Å². The number of nitrogens with zero attached hydrogens (tertiary/aromatic N) is 3. The molecule has 1 fully saturated rings. The van der Waals surface area contributed by atoms with Crippen LogP contribution in [0.4, 0.5) is 11.6 Å². The molecule has 2 heterocycles. The molecule has 1 saturated heterocycles. The Bertz CT molecular complexity index is 335. The van der Waals surface area contributed by atoms with Crippen molar-refractivity contribution >= 4 is 11.6 Å². The molecule has 0 aliphatic carbocycles. The van der Waals surface area contributed by atoms with Gasteiger partial charge in [0.15, 0.2) is 0 Å². The minimum absolute atomic E-state index is 0.237. The third-order valence-corrected chi connectivity index (χ3v) is 2.83. The van der Waals surface area contributed by atoms with Gasteiger partial charge in [0.25, 0.3) is 0 Å². The molecule has 5 heteroatoms. The van der Waals surface area contributed by atoms with E-state index >= 15 is 0 Å². The van der Waals surface area contributed by atoms with E-state index in [4.69, 9.17) is 5.73 Å². The molecule has 88 valence electrons. The summed E-state index contributed by atoms with van der Waals surface area (Å²) in [6, 6.07) is 2.23. The Hall–Kier alpha value is -1.36. The van der Waals surface area contributed by atoms with E-state index in [0.717, 1.165) is 24.7 Å². The van der Waals surface area contributed by atoms with Crippen LogP contribution in [0.5, 0.6) is 0 Å². The maximum absolute atomic E-state index is 5.56. The van der Waals surface area contributed by atoms with Crippen LogP contribution in [0.15, 0.2) is 12.4 Å². The molecule has 1 aliphatic rings. The fourth-order valence-electron chi connectivity index (χ4n) is 1.86. The average Bonchev–Trinajstić information content (AvgIpc) is 2.83. The summed E-state index contributed by atoms with van der Waals surface area (Å²) < 4.78 is 0. The number of rotatable bonds is 4. The van der Waals surface area contributed by atoms with Crippen LogP contribution in [-0.4, -0.2) is 35.6 Å². The van der Waals surface area contributed by atoms with Crippen LogP contribution in [-0.2, 0) is 0 Å². The molecule has 0 radical (unpaired) electrons. The summed E-state index contributed by atoms with van der Waals surface area (Å²) in [6.45, 7) is 4.84. The van der Waals surface area contributed by atoms with Crippen molar-refractivity contribution in [3.8, 4) is 0 Å². The van der Waals surface area contributed by atoms with Crippen molar-refractivity contribution in [1.29, 1.82) is 0 Å². The first kappa shape index (κ1) is 11.1. The second-order valence-corrected chi connectivity index (χ2v) is 4.24.